The fourth-order valence-electron chi connectivity index (χ4n) is 3.77. The van der Waals surface area contributed by atoms with Crippen LogP contribution in [0.5, 0.6) is 0 Å². The zero-order valence-electron chi connectivity index (χ0n) is 16.9. The summed E-state index contributed by atoms with van der Waals surface area (Å²) in [4.78, 5) is 30.1. The predicted molar refractivity (Wildman–Crippen MR) is 106 cm³/mol. The maximum atomic E-state index is 12.4. The Labute approximate surface area is 170 Å². The molecule has 2 aliphatic heterocycles. The van der Waals surface area contributed by atoms with Gasteiger partial charge in [-0.1, -0.05) is 0 Å². The Balaban J connectivity index is 1.25. The lowest BCUT2D eigenvalue weighted by Crippen LogP contribution is -2.40. The average Bonchev–Trinajstić information content (AvgIpc) is 3.19. The Morgan fingerprint density at radius 3 is 2.69 bits per heavy atom. The van der Waals surface area contributed by atoms with Crippen LogP contribution >= 0.6 is 0 Å². The van der Waals surface area contributed by atoms with Gasteiger partial charge in [-0.2, -0.15) is 0 Å². The lowest BCUT2D eigenvalue weighted by Gasteiger charge is -2.32. The van der Waals surface area contributed by atoms with Gasteiger partial charge in [-0.05, 0) is 18.9 Å². The molecule has 156 valence electrons. The van der Waals surface area contributed by atoms with Crippen molar-refractivity contribution in [2.45, 2.75) is 25.4 Å². The monoisotopic (exact) mass is 400 g/mol. The standard InChI is InChI=1S/C20H28N6O3/c1-24-9-6-21-18(24)14-29-15-19(27)26-7-3-16(4-8-26)20-22-5-2-17(23-20)25-10-12-28-13-11-25/h2,5-6,9,16H,3-4,7-8,10-15H2,1H3. The fraction of sp³-hybridized carbons (Fsp3) is 0.600. The highest BCUT2D eigenvalue weighted by molar-refractivity contribution is 5.77. The van der Waals surface area contributed by atoms with E-state index in [4.69, 9.17) is 14.5 Å². The summed E-state index contributed by atoms with van der Waals surface area (Å²) in [5.74, 6) is 2.98. The highest BCUT2D eigenvalue weighted by atomic mass is 16.5. The number of morpholine rings is 1. The first-order chi connectivity index (χ1) is 14.2. The number of hydrogen-bond acceptors (Lipinski definition) is 7. The van der Waals surface area contributed by atoms with Crippen molar-refractivity contribution in [3.8, 4) is 0 Å². The van der Waals surface area contributed by atoms with Crippen LogP contribution in [0.4, 0.5) is 5.82 Å². The smallest absolute Gasteiger partial charge is 0.248 e. The molecule has 0 aromatic carbocycles. The van der Waals surface area contributed by atoms with E-state index in [1.807, 2.05) is 35.0 Å². The first-order valence-corrected chi connectivity index (χ1v) is 10.2. The summed E-state index contributed by atoms with van der Waals surface area (Å²) in [6, 6.07) is 1.96. The summed E-state index contributed by atoms with van der Waals surface area (Å²) in [5.41, 5.74) is 0. The largest absolute Gasteiger partial charge is 0.378 e. The molecule has 1 amide bonds. The van der Waals surface area contributed by atoms with Gasteiger partial charge in [-0.15, -0.1) is 0 Å². The van der Waals surface area contributed by atoms with Crippen LogP contribution in [0, 0.1) is 0 Å². The summed E-state index contributed by atoms with van der Waals surface area (Å²) >= 11 is 0. The van der Waals surface area contributed by atoms with Gasteiger partial charge >= 0.3 is 0 Å². The van der Waals surface area contributed by atoms with E-state index in [9.17, 15) is 4.79 Å². The highest BCUT2D eigenvalue weighted by Crippen LogP contribution is 2.27. The maximum Gasteiger partial charge on any atom is 0.248 e. The van der Waals surface area contributed by atoms with Gasteiger partial charge in [-0.25, -0.2) is 15.0 Å². The van der Waals surface area contributed by atoms with Crippen LogP contribution in [0.3, 0.4) is 0 Å². The minimum absolute atomic E-state index is 0.0284. The number of hydrogen-bond donors (Lipinski definition) is 0. The molecule has 29 heavy (non-hydrogen) atoms. The minimum atomic E-state index is 0.0284. The molecule has 0 radical (unpaired) electrons. The quantitative estimate of drug-likeness (QED) is 0.714. The molecule has 4 rings (SSSR count). The Bertz CT molecular complexity index is 812. The summed E-state index contributed by atoms with van der Waals surface area (Å²) < 4.78 is 12.9. The number of aromatic nitrogens is 4. The Morgan fingerprint density at radius 1 is 1.17 bits per heavy atom. The van der Waals surface area contributed by atoms with E-state index in [0.29, 0.717) is 19.7 Å². The second-order valence-electron chi connectivity index (χ2n) is 7.47. The molecule has 9 heteroatoms. The SMILES string of the molecule is Cn1ccnc1COCC(=O)N1CCC(c2nccc(N3CCOCC3)n2)CC1. The molecular formula is C20H28N6O3. The van der Waals surface area contributed by atoms with Gasteiger partial charge in [0.1, 0.15) is 30.7 Å². The Hall–Kier alpha value is -2.52. The van der Waals surface area contributed by atoms with E-state index in [-0.39, 0.29) is 18.4 Å². The van der Waals surface area contributed by atoms with Crippen LogP contribution < -0.4 is 4.90 Å². The molecule has 0 aliphatic carbocycles. The molecule has 2 aliphatic rings. The molecule has 2 aromatic rings. The Morgan fingerprint density at radius 2 is 1.97 bits per heavy atom. The second kappa shape index (κ2) is 9.32. The summed E-state index contributed by atoms with van der Waals surface area (Å²) in [6.07, 6.45) is 7.17. The van der Waals surface area contributed by atoms with Crippen LogP contribution in [-0.4, -0.2) is 76.3 Å². The second-order valence-corrected chi connectivity index (χ2v) is 7.47. The third kappa shape index (κ3) is 4.91. The topological polar surface area (TPSA) is 85.6 Å². The normalized spacial score (nSPS) is 18.2. The van der Waals surface area contributed by atoms with E-state index < -0.39 is 0 Å². The summed E-state index contributed by atoms with van der Waals surface area (Å²) in [5, 5.41) is 0. The van der Waals surface area contributed by atoms with Gasteiger partial charge in [-0.3, -0.25) is 4.79 Å². The maximum absolute atomic E-state index is 12.4. The average molecular weight is 400 g/mol. The molecule has 9 nitrogen and oxygen atoms in total. The van der Waals surface area contributed by atoms with E-state index in [2.05, 4.69) is 14.9 Å². The highest BCUT2D eigenvalue weighted by Gasteiger charge is 2.26. The van der Waals surface area contributed by atoms with E-state index in [1.165, 1.54) is 0 Å². The number of ether oxygens (including phenoxy) is 2. The number of imidazole rings is 1. The van der Waals surface area contributed by atoms with Crippen molar-refractivity contribution >= 4 is 11.7 Å². The summed E-state index contributed by atoms with van der Waals surface area (Å²) in [6.45, 7) is 5.04. The molecular weight excluding hydrogens is 372 g/mol. The van der Waals surface area contributed by atoms with Crippen molar-refractivity contribution in [2.75, 3.05) is 50.9 Å². The third-order valence-electron chi connectivity index (χ3n) is 5.59. The van der Waals surface area contributed by atoms with Gasteiger partial charge < -0.3 is 23.8 Å². The number of anilines is 1. The third-order valence-corrected chi connectivity index (χ3v) is 5.59. The minimum Gasteiger partial charge on any atom is -0.378 e. The number of carbonyl (C=O) groups is 1. The van der Waals surface area contributed by atoms with Crippen LogP contribution in [0.1, 0.15) is 30.4 Å². The lowest BCUT2D eigenvalue weighted by atomic mass is 9.96. The molecule has 0 saturated carbocycles. The van der Waals surface area contributed by atoms with Crippen molar-refractivity contribution in [2.24, 2.45) is 7.05 Å². The van der Waals surface area contributed by atoms with Crippen molar-refractivity contribution in [3.63, 3.8) is 0 Å². The van der Waals surface area contributed by atoms with Crippen LogP contribution in [0.2, 0.25) is 0 Å². The molecule has 2 saturated heterocycles. The van der Waals surface area contributed by atoms with Gasteiger partial charge in [0.05, 0.1) is 13.2 Å². The van der Waals surface area contributed by atoms with Crippen molar-refractivity contribution in [1.82, 2.24) is 24.4 Å². The fourth-order valence-corrected chi connectivity index (χ4v) is 3.77. The van der Waals surface area contributed by atoms with E-state index in [1.54, 1.807) is 6.20 Å². The van der Waals surface area contributed by atoms with Gasteiger partial charge in [0.15, 0.2) is 0 Å². The first-order valence-electron chi connectivity index (χ1n) is 10.2. The lowest BCUT2D eigenvalue weighted by molar-refractivity contribution is -0.137. The number of rotatable bonds is 6. The summed E-state index contributed by atoms with van der Waals surface area (Å²) in [7, 11) is 1.91. The van der Waals surface area contributed by atoms with Crippen molar-refractivity contribution in [3.05, 3.63) is 36.3 Å². The number of likely N-dealkylation sites (tertiary alicyclic amines) is 1. The number of aryl methyl sites for hydroxylation is 1. The molecule has 0 spiro atoms. The molecule has 0 bridgehead atoms. The van der Waals surface area contributed by atoms with Gasteiger partial charge in [0.2, 0.25) is 5.91 Å². The molecule has 0 atom stereocenters. The zero-order chi connectivity index (χ0) is 20.1. The first kappa shape index (κ1) is 19.8. The molecule has 2 aromatic heterocycles. The number of piperidine rings is 1. The number of nitrogens with zero attached hydrogens (tertiary/aromatic N) is 6. The zero-order valence-corrected chi connectivity index (χ0v) is 16.9. The van der Waals surface area contributed by atoms with Crippen LogP contribution in [-0.2, 0) is 27.9 Å². The van der Waals surface area contributed by atoms with E-state index >= 15 is 0 Å². The predicted octanol–water partition coefficient (Wildman–Crippen LogP) is 0.969. The van der Waals surface area contributed by atoms with Crippen LogP contribution in [0.15, 0.2) is 24.7 Å². The van der Waals surface area contributed by atoms with Crippen LogP contribution in [0.25, 0.3) is 0 Å². The van der Waals surface area contributed by atoms with Crippen molar-refractivity contribution in [1.29, 1.82) is 0 Å². The molecule has 2 fully saturated rings. The number of amides is 1. The van der Waals surface area contributed by atoms with Crippen molar-refractivity contribution < 1.29 is 14.3 Å². The van der Waals surface area contributed by atoms with Gasteiger partial charge in [0, 0.05) is 57.7 Å². The van der Waals surface area contributed by atoms with E-state index in [0.717, 1.165) is 56.6 Å². The Kier molecular flexibility index (Phi) is 6.36. The molecule has 0 N–H and O–H groups in total. The van der Waals surface area contributed by atoms with Gasteiger partial charge in [0.25, 0.3) is 0 Å². The molecule has 4 heterocycles. The number of carbonyl (C=O) groups excluding carboxylic acids is 1. The molecule has 0 unspecified atom stereocenters.